The van der Waals surface area contributed by atoms with E-state index < -0.39 is 5.97 Å². The molecule has 1 saturated heterocycles. The summed E-state index contributed by atoms with van der Waals surface area (Å²) in [6, 6.07) is 6.59. The maximum absolute atomic E-state index is 10.9. The van der Waals surface area contributed by atoms with Crippen molar-refractivity contribution in [1.29, 1.82) is 0 Å². The molecule has 2 atom stereocenters. The Balaban J connectivity index is 1.23. The quantitative estimate of drug-likeness (QED) is 0.713. The first kappa shape index (κ1) is 17.0. The molecule has 0 amide bonds. The van der Waals surface area contributed by atoms with E-state index in [0.717, 1.165) is 49.0 Å². The molecule has 1 aromatic carbocycles. The van der Waals surface area contributed by atoms with Gasteiger partial charge in [-0.05, 0) is 48.3 Å². The summed E-state index contributed by atoms with van der Waals surface area (Å²) in [6.45, 7) is 3.13. The zero-order chi connectivity index (χ0) is 18.4. The third-order valence-corrected chi connectivity index (χ3v) is 7.03. The van der Waals surface area contributed by atoms with E-state index in [4.69, 9.17) is 5.11 Å². The van der Waals surface area contributed by atoms with Crippen molar-refractivity contribution >= 4 is 29.2 Å². The maximum atomic E-state index is 10.9. The van der Waals surface area contributed by atoms with Gasteiger partial charge < -0.3 is 10.4 Å². The molecule has 3 heterocycles. The Hall–Kier alpha value is -2.12. The number of nitrogens with zero attached hydrogens (tertiary/aromatic N) is 3. The molecule has 1 aromatic heterocycles. The average Bonchev–Trinajstić information content (AvgIpc) is 3.17. The molecule has 2 aliphatic heterocycles. The lowest BCUT2D eigenvalue weighted by Crippen LogP contribution is -2.22. The predicted octanol–water partition coefficient (Wildman–Crippen LogP) is 3.62. The molecule has 1 saturated carbocycles. The minimum Gasteiger partial charge on any atom is -0.481 e. The molecule has 7 heteroatoms. The van der Waals surface area contributed by atoms with Crippen LogP contribution in [0.3, 0.4) is 0 Å². The molecule has 2 unspecified atom stereocenters. The summed E-state index contributed by atoms with van der Waals surface area (Å²) in [7, 11) is 0. The van der Waals surface area contributed by atoms with Crippen LogP contribution in [0.4, 0.5) is 11.5 Å². The van der Waals surface area contributed by atoms with Gasteiger partial charge in [-0.25, -0.2) is 9.97 Å². The normalized spacial score (nSPS) is 26.1. The van der Waals surface area contributed by atoms with Crippen LogP contribution in [0.5, 0.6) is 0 Å². The summed E-state index contributed by atoms with van der Waals surface area (Å²) >= 11 is 1.65. The number of carboxylic acid groups (broad SMARTS) is 1. The molecule has 6 nitrogen and oxygen atoms in total. The second-order valence-electron chi connectivity index (χ2n) is 7.92. The number of aliphatic carboxylic acids is 1. The molecule has 3 aliphatic rings. The van der Waals surface area contributed by atoms with Gasteiger partial charge in [-0.1, -0.05) is 17.8 Å². The van der Waals surface area contributed by atoms with Crippen LogP contribution in [0.15, 0.2) is 40.5 Å². The molecule has 0 spiro atoms. The fourth-order valence-electron chi connectivity index (χ4n) is 4.90. The van der Waals surface area contributed by atoms with E-state index in [-0.39, 0.29) is 0 Å². The molecule has 2 fully saturated rings. The topological polar surface area (TPSA) is 78.4 Å². The Morgan fingerprint density at radius 2 is 2.00 bits per heavy atom. The SMILES string of the molecule is O=C(O)CC1CC2CN(Cc3ccc4c(c3)Nc3nccnc3S4)CC2C1. The van der Waals surface area contributed by atoms with E-state index in [2.05, 4.69) is 38.4 Å². The van der Waals surface area contributed by atoms with Gasteiger partial charge in [-0.3, -0.25) is 9.69 Å². The smallest absolute Gasteiger partial charge is 0.303 e. The van der Waals surface area contributed by atoms with Crippen LogP contribution in [-0.2, 0) is 11.3 Å². The van der Waals surface area contributed by atoms with Gasteiger partial charge in [0.15, 0.2) is 5.82 Å². The number of hydrogen-bond acceptors (Lipinski definition) is 6. The minimum atomic E-state index is -0.650. The molecular formula is C20H22N4O2S. The van der Waals surface area contributed by atoms with E-state index in [1.165, 1.54) is 10.5 Å². The summed E-state index contributed by atoms with van der Waals surface area (Å²) in [5.41, 5.74) is 2.41. The maximum Gasteiger partial charge on any atom is 0.303 e. The van der Waals surface area contributed by atoms with Gasteiger partial charge in [-0.15, -0.1) is 0 Å². The number of aromatic nitrogens is 2. The molecule has 140 valence electrons. The van der Waals surface area contributed by atoms with Gasteiger partial charge in [0.1, 0.15) is 5.03 Å². The first-order valence-corrected chi connectivity index (χ1v) is 10.3. The van der Waals surface area contributed by atoms with Gasteiger partial charge in [0.25, 0.3) is 0 Å². The van der Waals surface area contributed by atoms with Crippen molar-refractivity contribution < 1.29 is 9.90 Å². The Kier molecular flexibility index (Phi) is 4.28. The Morgan fingerprint density at radius 1 is 1.22 bits per heavy atom. The number of likely N-dealkylation sites (tertiary alicyclic amines) is 1. The monoisotopic (exact) mass is 382 g/mol. The highest BCUT2D eigenvalue weighted by Crippen LogP contribution is 2.44. The third-order valence-electron chi connectivity index (χ3n) is 5.96. The molecule has 5 rings (SSSR count). The van der Waals surface area contributed by atoms with E-state index in [9.17, 15) is 4.79 Å². The van der Waals surface area contributed by atoms with Gasteiger partial charge in [-0.2, -0.15) is 0 Å². The second-order valence-corrected chi connectivity index (χ2v) is 8.95. The Labute approximate surface area is 162 Å². The van der Waals surface area contributed by atoms with Crippen molar-refractivity contribution in [3.63, 3.8) is 0 Å². The van der Waals surface area contributed by atoms with Crippen molar-refractivity contribution in [2.75, 3.05) is 18.4 Å². The largest absolute Gasteiger partial charge is 0.481 e. The average molecular weight is 382 g/mol. The molecule has 1 aliphatic carbocycles. The number of fused-ring (bicyclic) bond motifs is 3. The highest BCUT2D eigenvalue weighted by molar-refractivity contribution is 7.99. The van der Waals surface area contributed by atoms with Crippen LogP contribution in [0.1, 0.15) is 24.8 Å². The molecule has 27 heavy (non-hydrogen) atoms. The Bertz CT molecular complexity index is 876. The van der Waals surface area contributed by atoms with E-state index in [1.54, 1.807) is 24.2 Å². The molecule has 0 bridgehead atoms. The number of carbonyl (C=O) groups is 1. The minimum absolute atomic E-state index is 0.339. The summed E-state index contributed by atoms with van der Waals surface area (Å²) < 4.78 is 0. The Morgan fingerprint density at radius 3 is 2.78 bits per heavy atom. The zero-order valence-corrected chi connectivity index (χ0v) is 15.8. The first-order valence-electron chi connectivity index (χ1n) is 9.47. The number of carboxylic acids is 1. The van der Waals surface area contributed by atoms with Crippen LogP contribution in [0.25, 0.3) is 0 Å². The standard InChI is InChI=1S/C20H22N4O2S/c25-18(26)8-13-5-14-10-24(11-15(14)6-13)9-12-1-2-17-16(7-12)23-19-20(27-17)22-4-3-21-19/h1-4,7,13-15H,5-6,8-11H2,(H,21,23)(H,25,26). The number of nitrogens with one attached hydrogen (secondary N) is 1. The first-order chi connectivity index (χ1) is 13.1. The van der Waals surface area contributed by atoms with Gasteiger partial charge >= 0.3 is 5.97 Å². The van der Waals surface area contributed by atoms with E-state index in [0.29, 0.717) is 24.2 Å². The third kappa shape index (κ3) is 3.41. The number of hydrogen-bond donors (Lipinski definition) is 2. The number of anilines is 2. The zero-order valence-electron chi connectivity index (χ0n) is 15.0. The van der Waals surface area contributed by atoms with Crippen LogP contribution >= 0.6 is 11.8 Å². The molecule has 0 radical (unpaired) electrons. The van der Waals surface area contributed by atoms with Crippen molar-refractivity contribution in [2.24, 2.45) is 17.8 Å². The van der Waals surface area contributed by atoms with E-state index in [1.807, 2.05) is 0 Å². The fraction of sp³-hybridized carbons (Fsp3) is 0.450. The molecule has 2 N–H and O–H groups in total. The van der Waals surface area contributed by atoms with Gasteiger partial charge in [0.2, 0.25) is 0 Å². The van der Waals surface area contributed by atoms with Crippen molar-refractivity contribution in [3.05, 3.63) is 36.2 Å². The van der Waals surface area contributed by atoms with Crippen LogP contribution in [-0.4, -0.2) is 39.0 Å². The summed E-state index contributed by atoms with van der Waals surface area (Å²) in [6.07, 6.45) is 5.92. The van der Waals surface area contributed by atoms with Crippen molar-refractivity contribution in [2.45, 2.75) is 35.7 Å². The lowest BCUT2D eigenvalue weighted by molar-refractivity contribution is -0.138. The van der Waals surface area contributed by atoms with Crippen LogP contribution in [0.2, 0.25) is 0 Å². The van der Waals surface area contributed by atoms with E-state index >= 15 is 0 Å². The summed E-state index contributed by atoms with van der Waals surface area (Å²) in [5.74, 6) is 1.89. The number of rotatable bonds is 4. The summed E-state index contributed by atoms with van der Waals surface area (Å²) in [5, 5.41) is 13.3. The highest BCUT2D eigenvalue weighted by atomic mass is 32.2. The van der Waals surface area contributed by atoms with Gasteiger partial charge in [0, 0.05) is 43.3 Å². The highest BCUT2D eigenvalue weighted by Gasteiger charge is 2.41. The second kappa shape index (κ2) is 6.80. The van der Waals surface area contributed by atoms with Crippen molar-refractivity contribution in [1.82, 2.24) is 14.9 Å². The summed E-state index contributed by atoms with van der Waals surface area (Å²) in [4.78, 5) is 23.4. The predicted molar refractivity (Wildman–Crippen MR) is 103 cm³/mol. The van der Waals surface area contributed by atoms with Crippen molar-refractivity contribution in [3.8, 4) is 0 Å². The molecular weight excluding hydrogens is 360 g/mol. The van der Waals surface area contributed by atoms with Crippen LogP contribution in [0, 0.1) is 17.8 Å². The number of benzene rings is 1. The fourth-order valence-corrected chi connectivity index (χ4v) is 5.78. The van der Waals surface area contributed by atoms with Crippen LogP contribution < -0.4 is 5.32 Å². The lowest BCUT2D eigenvalue weighted by Gasteiger charge is -2.22. The van der Waals surface area contributed by atoms with Gasteiger partial charge in [0.05, 0.1) is 5.69 Å². The molecule has 2 aromatic rings. The lowest BCUT2D eigenvalue weighted by atomic mass is 10.0.